The average Bonchev–Trinajstić information content (AvgIpc) is 2.76. The molecule has 1 aromatic rings. The molecule has 100 valence electrons. The number of aliphatic hydroxyl groups is 1. The molecule has 0 spiro atoms. The van der Waals surface area contributed by atoms with E-state index in [-0.39, 0.29) is 0 Å². The van der Waals surface area contributed by atoms with Crippen LogP contribution in [0.25, 0.3) is 0 Å². The van der Waals surface area contributed by atoms with E-state index in [0.29, 0.717) is 12.5 Å². The van der Waals surface area contributed by atoms with Crippen molar-refractivity contribution in [1.29, 1.82) is 0 Å². The lowest BCUT2D eigenvalue weighted by Gasteiger charge is -2.16. The number of nitrogens with one attached hydrogen (secondary N) is 1. The Kier molecular flexibility index (Phi) is 4.62. The molecule has 2 atom stereocenters. The van der Waals surface area contributed by atoms with Gasteiger partial charge in [-0.25, -0.2) is 0 Å². The van der Waals surface area contributed by atoms with Crippen LogP contribution in [0.3, 0.4) is 0 Å². The second-order valence-electron chi connectivity index (χ2n) is 5.10. The highest BCUT2D eigenvalue weighted by Gasteiger charge is 2.23. The van der Waals surface area contributed by atoms with Crippen LogP contribution in [0.15, 0.2) is 18.2 Å². The zero-order chi connectivity index (χ0) is 13.1. The van der Waals surface area contributed by atoms with Gasteiger partial charge < -0.3 is 15.3 Å². The number of halogens is 1. The lowest BCUT2D eigenvalue weighted by atomic mass is 9.96. The summed E-state index contributed by atoms with van der Waals surface area (Å²) < 4.78 is 0. The number of likely N-dealkylation sites (tertiary alicyclic amines) is 1. The van der Waals surface area contributed by atoms with Gasteiger partial charge in [0.25, 0.3) is 0 Å². The van der Waals surface area contributed by atoms with E-state index in [1.807, 2.05) is 19.2 Å². The summed E-state index contributed by atoms with van der Waals surface area (Å²) in [5, 5.41) is 13.7. The number of hydrogen-bond donors (Lipinski definition) is 2. The minimum absolute atomic E-state index is 0.493. The van der Waals surface area contributed by atoms with Gasteiger partial charge in [-0.2, -0.15) is 0 Å². The average molecular weight is 269 g/mol. The van der Waals surface area contributed by atoms with Crippen molar-refractivity contribution in [3.8, 4) is 0 Å². The molecule has 0 amide bonds. The Morgan fingerprint density at radius 1 is 1.56 bits per heavy atom. The molecule has 1 saturated heterocycles. The van der Waals surface area contributed by atoms with Crippen LogP contribution in [-0.4, -0.2) is 43.7 Å². The molecule has 0 aliphatic carbocycles. The zero-order valence-corrected chi connectivity index (χ0v) is 11.7. The summed E-state index contributed by atoms with van der Waals surface area (Å²) in [6.07, 6.45) is 0.669. The number of rotatable bonds is 4. The summed E-state index contributed by atoms with van der Waals surface area (Å²) in [6, 6.07) is 5.96. The molecule has 1 aliphatic rings. The van der Waals surface area contributed by atoms with E-state index in [0.717, 1.165) is 30.1 Å². The van der Waals surface area contributed by atoms with E-state index in [9.17, 15) is 5.11 Å². The van der Waals surface area contributed by atoms with Crippen molar-refractivity contribution in [2.75, 3.05) is 33.7 Å². The molecule has 1 heterocycles. The molecular formula is C14H21ClN2O. The Balaban J connectivity index is 2.15. The monoisotopic (exact) mass is 268 g/mol. The lowest BCUT2D eigenvalue weighted by Crippen LogP contribution is -2.17. The first-order chi connectivity index (χ1) is 8.61. The molecule has 1 fully saturated rings. The Hall–Kier alpha value is -0.610. The normalized spacial score (nSPS) is 22.3. The molecule has 1 aliphatic heterocycles. The molecule has 3 nitrogen and oxygen atoms in total. The third-order valence-corrected chi connectivity index (χ3v) is 3.97. The molecule has 4 heteroatoms. The highest BCUT2D eigenvalue weighted by atomic mass is 35.5. The number of likely N-dealkylation sites (N-methyl/N-ethyl adjacent to an activating group) is 2. The zero-order valence-electron chi connectivity index (χ0n) is 11.0. The quantitative estimate of drug-likeness (QED) is 0.877. The molecule has 0 radical (unpaired) electrons. The molecule has 2 N–H and O–H groups in total. The second-order valence-corrected chi connectivity index (χ2v) is 5.51. The number of benzene rings is 1. The van der Waals surface area contributed by atoms with Crippen molar-refractivity contribution in [1.82, 2.24) is 10.2 Å². The first-order valence-electron chi connectivity index (χ1n) is 6.42. The van der Waals surface area contributed by atoms with Crippen LogP contribution in [0.4, 0.5) is 0 Å². The topological polar surface area (TPSA) is 35.5 Å². The molecular weight excluding hydrogens is 248 g/mol. The summed E-state index contributed by atoms with van der Waals surface area (Å²) in [4.78, 5) is 2.32. The van der Waals surface area contributed by atoms with E-state index in [1.54, 1.807) is 0 Å². The third-order valence-electron chi connectivity index (χ3n) is 3.64. The summed E-state index contributed by atoms with van der Waals surface area (Å²) in [7, 11) is 3.96. The predicted molar refractivity (Wildman–Crippen MR) is 75.2 cm³/mol. The van der Waals surface area contributed by atoms with Gasteiger partial charge in [0, 0.05) is 18.1 Å². The molecule has 2 rings (SSSR count). The summed E-state index contributed by atoms with van der Waals surface area (Å²) >= 11 is 6.35. The van der Waals surface area contributed by atoms with Crippen LogP contribution in [0.2, 0.25) is 5.02 Å². The fourth-order valence-corrected chi connectivity index (χ4v) is 2.93. The van der Waals surface area contributed by atoms with E-state index in [2.05, 4.69) is 23.3 Å². The van der Waals surface area contributed by atoms with Crippen molar-refractivity contribution in [2.24, 2.45) is 0 Å². The highest BCUT2D eigenvalue weighted by Crippen LogP contribution is 2.33. The minimum atomic E-state index is -0.493. The van der Waals surface area contributed by atoms with Gasteiger partial charge >= 0.3 is 0 Å². The Morgan fingerprint density at radius 3 is 2.89 bits per heavy atom. The van der Waals surface area contributed by atoms with Crippen LogP contribution >= 0.6 is 11.6 Å². The number of nitrogens with zero attached hydrogens (tertiary/aromatic N) is 1. The van der Waals surface area contributed by atoms with Gasteiger partial charge in [-0.05, 0) is 50.2 Å². The molecule has 0 bridgehead atoms. The fourth-order valence-electron chi connectivity index (χ4n) is 2.58. The van der Waals surface area contributed by atoms with Crippen LogP contribution < -0.4 is 5.32 Å². The molecule has 1 aromatic carbocycles. The van der Waals surface area contributed by atoms with E-state index >= 15 is 0 Å². The second kappa shape index (κ2) is 6.02. The van der Waals surface area contributed by atoms with Gasteiger partial charge in [0.15, 0.2) is 0 Å². The van der Waals surface area contributed by atoms with Crippen LogP contribution in [0.1, 0.15) is 29.6 Å². The minimum Gasteiger partial charge on any atom is -0.387 e. The maximum absolute atomic E-state index is 9.91. The lowest BCUT2D eigenvalue weighted by molar-refractivity contribution is 0.178. The van der Waals surface area contributed by atoms with Crippen LogP contribution in [0, 0.1) is 0 Å². The summed E-state index contributed by atoms with van der Waals surface area (Å²) in [5.41, 5.74) is 2.09. The van der Waals surface area contributed by atoms with Crippen LogP contribution in [0.5, 0.6) is 0 Å². The van der Waals surface area contributed by atoms with Crippen molar-refractivity contribution in [3.63, 3.8) is 0 Å². The standard InChI is InChI=1S/C14H21ClN2O/c1-16-8-14(18)10-3-4-12(13(15)7-10)11-5-6-17(2)9-11/h3-4,7,11,14,16,18H,5-6,8-9H2,1-2H3. The Labute approximate surface area is 114 Å². The predicted octanol–water partition coefficient (Wildman–Crippen LogP) is 2.01. The van der Waals surface area contributed by atoms with Gasteiger partial charge in [-0.3, -0.25) is 0 Å². The third kappa shape index (κ3) is 3.04. The Bertz CT molecular complexity index is 411. The van der Waals surface area contributed by atoms with E-state index in [4.69, 9.17) is 11.6 Å². The smallest absolute Gasteiger partial charge is 0.0914 e. The molecule has 18 heavy (non-hydrogen) atoms. The molecule has 0 saturated carbocycles. The maximum Gasteiger partial charge on any atom is 0.0914 e. The van der Waals surface area contributed by atoms with Crippen molar-refractivity contribution in [2.45, 2.75) is 18.4 Å². The van der Waals surface area contributed by atoms with Crippen LogP contribution in [-0.2, 0) is 0 Å². The molecule has 2 unspecified atom stereocenters. The SMILES string of the molecule is CNCC(O)c1ccc(C2CCN(C)C2)c(Cl)c1. The summed E-state index contributed by atoms with van der Waals surface area (Å²) in [6.45, 7) is 2.74. The largest absolute Gasteiger partial charge is 0.387 e. The van der Waals surface area contributed by atoms with E-state index in [1.165, 1.54) is 5.56 Å². The fraction of sp³-hybridized carbons (Fsp3) is 0.571. The first kappa shape index (κ1) is 13.8. The van der Waals surface area contributed by atoms with Gasteiger partial charge in [-0.15, -0.1) is 0 Å². The van der Waals surface area contributed by atoms with E-state index < -0.39 is 6.10 Å². The Morgan fingerprint density at radius 2 is 2.33 bits per heavy atom. The number of aliphatic hydroxyl groups excluding tert-OH is 1. The molecule has 0 aromatic heterocycles. The first-order valence-corrected chi connectivity index (χ1v) is 6.80. The summed E-state index contributed by atoms with van der Waals surface area (Å²) in [5.74, 6) is 0.526. The van der Waals surface area contributed by atoms with Crippen molar-refractivity contribution < 1.29 is 5.11 Å². The maximum atomic E-state index is 9.91. The van der Waals surface area contributed by atoms with Crippen molar-refractivity contribution >= 4 is 11.6 Å². The highest BCUT2D eigenvalue weighted by molar-refractivity contribution is 6.31. The van der Waals surface area contributed by atoms with Gasteiger partial charge in [0.2, 0.25) is 0 Å². The number of hydrogen-bond acceptors (Lipinski definition) is 3. The van der Waals surface area contributed by atoms with Gasteiger partial charge in [-0.1, -0.05) is 23.7 Å². The van der Waals surface area contributed by atoms with Gasteiger partial charge in [0.05, 0.1) is 6.10 Å². The van der Waals surface area contributed by atoms with Gasteiger partial charge in [0.1, 0.15) is 0 Å². The van der Waals surface area contributed by atoms with Crippen molar-refractivity contribution in [3.05, 3.63) is 34.3 Å².